The van der Waals surface area contributed by atoms with Crippen molar-refractivity contribution in [2.75, 3.05) is 38.7 Å². The summed E-state index contributed by atoms with van der Waals surface area (Å²) in [7, 11) is 5.84. The number of aromatic nitrogens is 1. The summed E-state index contributed by atoms with van der Waals surface area (Å²) in [6.07, 6.45) is 4.87. The second-order valence-electron chi connectivity index (χ2n) is 5.53. The van der Waals surface area contributed by atoms with Gasteiger partial charge in [0, 0.05) is 19.1 Å². The molecule has 1 saturated carbocycles. The van der Waals surface area contributed by atoms with Gasteiger partial charge >= 0.3 is 0 Å². The van der Waals surface area contributed by atoms with Crippen LogP contribution in [0.1, 0.15) is 36.0 Å². The lowest BCUT2D eigenvalue weighted by Crippen LogP contribution is -2.47. The molecule has 0 spiro atoms. The Morgan fingerprint density at radius 3 is 2.65 bits per heavy atom. The number of nitrogens with two attached hydrogens (primary N) is 1. The van der Waals surface area contributed by atoms with Gasteiger partial charge in [0.15, 0.2) is 5.82 Å². The molecule has 1 fully saturated rings. The fourth-order valence-electron chi connectivity index (χ4n) is 2.83. The minimum Gasteiger partial charge on any atom is -0.382 e. The van der Waals surface area contributed by atoms with E-state index in [4.69, 9.17) is 5.73 Å². The molecule has 4 N–H and O–H groups in total. The van der Waals surface area contributed by atoms with Gasteiger partial charge in [-0.3, -0.25) is 4.79 Å². The van der Waals surface area contributed by atoms with Crippen molar-refractivity contribution in [1.82, 2.24) is 14.6 Å². The summed E-state index contributed by atoms with van der Waals surface area (Å²) in [5, 5.41) is 6.75. The third kappa shape index (κ3) is 2.73. The lowest BCUT2D eigenvalue weighted by molar-refractivity contribution is 0.0965. The predicted octanol–water partition coefficient (Wildman–Crippen LogP) is 1.37. The Hall–Kier alpha value is -1.34. The van der Waals surface area contributed by atoms with Crippen LogP contribution in [0.15, 0.2) is 0 Å². The van der Waals surface area contributed by atoms with Gasteiger partial charge in [-0.1, -0.05) is 12.8 Å². The summed E-state index contributed by atoms with van der Waals surface area (Å²) < 4.78 is 4.08. The van der Waals surface area contributed by atoms with Crippen LogP contribution >= 0.6 is 11.5 Å². The number of rotatable bonds is 5. The van der Waals surface area contributed by atoms with Crippen molar-refractivity contribution in [3.05, 3.63) is 5.56 Å². The summed E-state index contributed by atoms with van der Waals surface area (Å²) in [5.41, 5.74) is 6.41. The molecule has 6 nitrogen and oxygen atoms in total. The average Bonchev–Trinajstić information content (AvgIpc) is 3.03. The maximum absolute atomic E-state index is 11.9. The molecular formula is C13H23N5OS. The molecule has 0 aliphatic heterocycles. The van der Waals surface area contributed by atoms with E-state index in [1.165, 1.54) is 37.2 Å². The number of anilines is 2. The Balaban J connectivity index is 2.13. The number of nitrogens with zero attached hydrogens (tertiary/aromatic N) is 2. The van der Waals surface area contributed by atoms with Gasteiger partial charge in [-0.15, -0.1) is 0 Å². The highest BCUT2D eigenvalue weighted by atomic mass is 32.1. The molecule has 1 amide bonds. The highest BCUT2D eigenvalue weighted by Crippen LogP contribution is 2.35. The monoisotopic (exact) mass is 297 g/mol. The summed E-state index contributed by atoms with van der Waals surface area (Å²) >= 11 is 1.25. The third-order valence-electron chi connectivity index (χ3n) is 4.23. The normalized spacial score (nSPS) is 17.4. The fraction of sp³-hybridized carbons (Fsp3) is 0.692. The van der Waals surface area contributed by atoms with Crippen LogP contribution in [0.5, 0.6) is 0 Å². The van der Waals surface area contributed by atoms with Gasteiger partial charge in [-0.2, -0.15) is 4.37 Å². The summed E-state index contributed by atoms with van der Waals surface area (Å²) in [6, 6.07) is 0. The number of nitrogen functional groups attached to an aromatic ring is 1. The van der Waals surface area contributed by atoms with Crippen LogP contribution in [-0.2, 0) is 0 Å². The zero-order valence-corrected chi connectivity index (χ0v) is 13.1. The number of hydrogen-bond donors (Lipinski definition) is 3. The van der Waals surface area contributed by atoms with Crippen LogP contribution in [0, 0.1) is 0 Å². The first-order chi connectivity index (χ1) is 9.50. The molecule has 1 aromatic heterocycles. The van der Waals surface area contributed by atoms with Crippen LogP contribution in [0.25, 0.3) is 0 Å². The molecule has 0 unspecified atom stereocenters. The van der Waals surface area contributed by atoms with E-state index in [0.717, 1.165) is 11.5 Å². The van der Waals surface area contributed by atoms with Crippen molar-refractivity contribution in [2.24, 2.45) is 0 Å². The molecule has 112 valence electrons. The first-order valence-electron chi connectivity index (χ1n) is 6.89. The SMILES string of the molecule is CNC(=O)c1c(N)nsc1NCC1(N(C)C)CCCC1. The van der Waals surface area contributed by atoms with Crippen molar-refractivity contribution in [3.8, 4) is 0 Å². The van der Waals surface area contributed by atoms with Crippen molar-refractivity contribution < 1.29 is 4.79 Å². The van der Waals surface area contributed by atoms with E-state index in [9.17, 15) is 4.79 Å². The van der Waals surface area contributed by atoms with E-state index in [1.54, 1.807) is 7.05 Å². The van der Waals surface area contributed by atoms with E-state index in [1.807, 2.05) is 0 Å². The van der Waals surface area contributed by atoms with Gasteiger partial charge < -0.3 is 21.3 Å². The Bertz CT molecular complexity index is 479. The van der Waals surface area contributed by atoms with Crippen molar-refractivity contribution in [3.63, 3.8) is 0 Å². The zero-order chi connectivity index (χ0) is 14.8. The highest BCUT2D eigenvalue weighted by Gasteiger charge is 2.36. The molecule has 2 rings (SSSR count). The van der Waals surface area contributed by atoms with Crippen LogP contribution < -0.4 is 16.4 Å². The van der Waals surface area contributed by atoms with Crippen LogP contribution in [-0.4, -0.2) is 48.4 Å². The second kappa shape index (κ2) is 5.97. The summed E-state index contributed by atoms with van der Waals surface area (Å²) in [4.78, 5) is 14.1. The average molecular weight is 297 g/mol. The summed E-state index contributed by atoms with van der Waals surface area (Å²) in [5.74, 6) is 0.103. The van der Waals surface area contributed by atoms with Crippen molar-refractivity contribution in [1.29, 1.82) is 0 Å². The van der Waals surface area contributed by atoms with Gasteiger partial charge in [0.25, 0.3) is 5.91 Å². The molecule has 0 saturated heterocycles. The minimum atomic E-state index is -0.191. The number of amides is 1. The van der Waals surface area contributed by atoms with E-state index >= 15 is 0 Å². The predicted molar refractivity (Wildman–Crippen MR) is 83.3 cm³/mol. The number of likely N-dealkylation sites (N-methyl/N-ethyl adjacent to an activating group) is 1. The van der Waals surface area contributed by atoms with Gasteiger partial charge in [0.2, 0.25) is 0 Å². The fourth-order valence-corrected chi connectivity index (χ4v) is 3.53. The first kappa shape index (κ1) is 15.1. The molecule has 0 aromatic carbocycles. The molecule has 7 heteroatoms. The maximum Gasteiger partial charge on any atom is 0.257 e. The van der Waals surface area contributed by atoms with Gasteiger partial charge in [-0.05, 0) is 38.5 Å². The van der Waals surface area contributed by atoms with Crippen LogP contribution in [0.4, 0.5) is 10.8 Å². The number of carbonyl (C=O) groups excluding carboxylic acids is 1. The Morgan fingerprint density at radius 1 is 1.45 bits per heavy atom. The first-order valence-corrected chi connectivity index (χ1v) is 7.66. The largest absolute Gasteiger partial charge is 0.382 e. The minimum absolute atomic E-state index is 0.165. The van der Waals surface area contributed by atoms with Gasteiger partial charge in [0.1, 0.15) is 10.6 Å². The topological polar surface area (TPSA) is 83.3 Å². The van der Waals surface area contributed by atoms with E-state index in [0.29, 0.717) is 11.4 Å². The molecule has 1 aliphatic rings. The molecule has 1 aliphatic carbocycles. The van der Waals surface area contributed by atoms with E-state index in [-0.39, 0.29) is 11.4 Å². The molecule has 0 atom stereocenters. The number of nitrogens with one attached hydrogen (secondary N) is 2. The third-order valence-corrected chi connectivity index (χ3v) is 5.05. The van der Waals surface area contributed by atoms with Gasteiger partial charge in [-0.25, -0.2) is 0 Å². The number of hydrogen-bond acceptors (Lipinski definition) is 6. The van der Waals surface area contributed by atoms with Crippen LogP contribution in [0.3, 0.4) is 0 Å². The molecular weight excluding hydrogens is 274 g/mol. The van der Waals surface area contributed by atoms with Crippen molar-refractivity contribution >= 4 is 28.3 Å². The Labute approximate surface area is 123 Å². The molecule has 1 aromatic rings. The molecule has 0 bridgehead atoms. The number of carbonyl (C=O) groups is 1. The van der Waals surface area contributed by atoms with Gasteiger partial charge in [0.05, 0.1) is 0 Å². The lowest BCUT2D eigenvalue weighted by Gasteiger charge is -2.36. The van der Waals surface area contributed by atoms with Crippen molar-refractivity contribution in [2.45, 2.75) is 31.2 Å². The smallest absolute Gasteiger partial charge is 0.257 e. The summed E-state index contributed by atoms with van der Waals surface area (Å²) in [6.45, 7) is 0.811. The van der Waals surface area contributed by atoms with E-state index in [2.05, 4.69) is 34.0 Å². The lowest BCUT2D eigenvalue weighted by atomic mass is 9.96. The Morgan fingerprint density at radius 2 is 2.10 bits per heavy atom. The molecule has 20 heavy (non-hydrogen) atoms. The van der Waals surface area contributed by atoms with Crippen LogP contribution in [0.2, 0.25) is 0 Å². The molecule has 1 heterocycles. The molecule has 0 radical (unpaired) electrons. The maximum atomic E-state index is 11.9. The quantitative estimate of drug-likeness (QED) is 0.764. The standard InChI is InChI=1S/C13H23N5OS/c1-15-11(19)9-10(14)17-20-12(9)16-8-13(18(2)3)6-4-5-7-13/h16H,4-8H2,1-3H3,(H2,14,17)(H,15,19). The second-order valence-corrected chi connectivity index (χ2v) is 6.30. The highest BCUT2D eigenvalue weighted by molar-refractivity contribution is 7.11. The van der Waals surface area contributed by atoms with E-state index < -0.39 is 0 Å². The zero-order valence-electron chi connectivity index (χ0n) is 12.3. The Kier molecular flexibility index (Phi) is 4.49.